The van der Waals surface area contributed by atoms with Gasteiger partial charge in [0.25, 0.3) is 0 Å². The maximum absolute atomic E-state index is 10.5. The Morgan fingerprint density at radius 1 is 1.50 bits per heavy atom. The molecule has 0 saturated heterocycles. The van der Waals surface area contributed by atoms with E-state index in [9.17, 15) is 10.1 Å². The average molecular weight is 227 g/mol. The van der Waals surface area contributed by atoms with Gasteiger partial charge < -0.3 is 0 Å². The zero-order chi connectivity index (χ0) is 8.55. The molecule has 0 saturated carbocycles. The van der Waals surface area contributed by atoms with E-state index in [1.54, 1.807) is 12.3 Å². The molecule has 0 amide bonds. The van der Waals surface area contributed by atoms with Crippen molar-refractivity contribution in [2.45, 2.75) is 0 Å². The molecule has 0 fully saturated rings. The van der Waals surface area contributed by atoms with Crippen LogP contribution in [0.5, 0.6) is 0 Å². The first-order valence-electron chi connectivity index (χ1n) is 3.27. The van der Waals surface area contributed by atoms with Crippen LogP contribution in [0.15, 0.2) is 24.4 Å². The van der Waals surface area contributed by atoms with Gasteiger partial charge in [0.1, 0.15) is 0 Å². The molecule has 0 radical (unpaired) electrons. The number of aromatic nitrogens is 1. The maximum atomic E-state index is 10.5. The third-order valence-corrected chi connectivity index (χ3v) is 3.17. The molecule has 0 atom stereocenters. The first-order valence-corrected chi connectivity index (χ1v) is 4.89. The van der Waals surface area contributed by atoms with Gasteiger partial charge in [0.2, 0.25) is 0 Å². The van der Waals surface area contributed by atoms with Crippen LogP contribution in [0, 0.1) is 10.1 Å². The van der Waals surface area contributed by atoms with E-state index in [-0.39, 0.29) is 25.3 Å². The van der Waals surface area contributed by atoms with Crippen LogP contribution in [-0.4, -0.2) is 23.6 Å². The second-order valence-corrected chi connectivity index (χ2v) is 4.02. The Hall–Kier alpha value is -1.19. The van der Waals surface area contributed by atoms with Gasteiger partial charge in [-0.05, 0) is 0 Å². The summed E-state index contributed by atoms with van der Waals surface area (Å²) in [5, 5.41) is 11.2. The fourth-order valence-corrected chi connectivity index (χ4v) is 2.44. The van der Waals surface area contributed by atoms with E-state index in [2.05, 4.69) is 3.98 Å². The second kappa shape index (κ2) is 2.69. The Labute approximate surface area is 74.0 Å². The molecule has 0 aliphatic heterocycles. The monoisotopic (exact) mass is 228 g/mol. The van der Waals surface area contributed by atoms with Gasteiger partial charge in [-0.3, -0.25) is 0 Å². The zero-order valence-electron chi connectivity index (χ0n) is 5.93. The van der Waals surface area contributed by atoms with Crippen molar-refractivity contribution in [3.05, 3.63) is 34.5 Å². The predicted molar refractivity (Wildman–Crippen MR) is 45.3 cm³/mol. The van der Waals surface area contributed by atoms with E-state index < -0.39 is 0 Å². The Morgan fingerprint density at radius 3 is 3.08 bits per heavy atom. The Bertz CT molecular complexity index is 438. The zero-order valence-corrected chi connectivity index (χ0v) is 7.64. The summed E-state index contributed by atoms with van der Waals surface area (Å²) in [6.07, 6.45) is 1.59. The first-order chi connectivity index (χ1) is 5.79. The van der Waals surface area contributed by atoms with Gasteiger partial charge in [-0.25, -0.2) is 0 Å². The molecule has 1 heterocycles. The van der Waals surface area contributed by atoms with Crippen molar-refractivity contribution >= 4 is 30.1 Å². The summed E-state index contributed by atoms with van der Waals surface area (Å²) >= 11 is 0.0430. The summed E-state index contributed by atoms with van der Waals surface area (Å²) < 4.78 is 5.02. The third-order valence-electron chi connectivity index (χ3n) is 1.57. The number of rotatable bonds is 1. The molecule has 12 heavy (non-hydrogen) atoms. The van der Waals surface area contributed by atoms with Crippen molar-refractivity contribution < 1.29 is 4.92 Å². The molecule has 60 valence electrons. The summed E-state index contributed by atoms with van der Waals surface area (Å²) in [7, 11) is 0. The second-order valence-electron chi connectivity index (χ2n) is 2.27. The minimum atomic E-state index is -0.369. The minimum absolute atomic E-state index is 0.0430. The fourth-order valence-electron chi connectivity index (χ4n) is 1.04. The molecule has 0 unspecified atom stereocenters. The number of fused-ring (bicyclic) bond motifs is 1. The number of nitro benzene ring substituents is 1. The van der Waals surface area contributed by atoms with Crippen molar-refractivity contribution in [2.75, 3.05) is 0 Å². The van der Waals surface area contributed by atoms with E-state index in [4.69, 9.17) is 0 Å². The van der Waals surface area contributed by atoms with Crippen molar-refractivity contribution in [1.82, 2.24) is 3.98 Å². The van der Waals surface area contributed by atoms with Crippen LogP contribution >= 0.6 is 0 Å². The number of nitro groups is 1. The van der Waals surface area contributed by atoms with Gasteiger partial charge >= 0.3 is 73.5 Å². The Morgan fingerprint density at radius 2 is 2.33 bits per heavy atom. The molecule has 1 aromatic heterocycles. The summed E-state index contributed by atoms with van der Waals surface area (Å²) in [4.78, 5) is 10.1. The fraction of sp³-hybridized carbons (Fsp3) is 0. The Kier molecular flexibility index (Phi) is 1.67. The molecular weight excluding hydrogens is 223 g/mol. The molecule has 0 spiro atoms. The van der Waals surface area contributed by atoms with Crippen LogP contribution in [0.1, 0.15) is 0 Å². The van der Waals surface area contributed by atoms with Gasteiger partial charge in [-0.2, -0.15) is 0 Å². The molecule has 0 aliphatic carbocycles. The predicted octanol–water partition coefficient (Wildman–Crippen LogP) is 1.20. The molecule has 4 nitrogen and oxygen atoms in total. The number of non-ortho nitro benzene ring substituents is 1. The quantitative estimate of drug-likeness (QED) is 0.418. The van der Waals surface area contributed by atoms with Gasteiger partial charge in [0, 0.05) is 0 Å². The first kappa shape index (κ1) is 7.46. The topological polar surface area (TPSA) is 56.0 Å². The van der Waals surface area contributed by atoms with Crippen molar-refractivity contribution in [2.24, 2.45) is 0 Å². The van der Waals surface area contributed by atoms with Crippen LogP contribution in [0.2, 0.25) is 0 Å². The van der Waals surface area contributed by atoms with Crippen LogP contribution in [0.3, 0.4) is 0 Å². The van der Waals surface area contributed by atoms with Crippen LogP contribution in [0.25, 0.3) is 9.65 Å². The van der Waals surface area contributed by atoms with Gasteiger partial charge in [0.05, 0.1) is 0 Å². The number of hydrogen-bond acceptors (Lipinski definition) is 3. The van der Waals surface area contributed by atoms with Gasteiger partial charge in [-0.1, -0.05) is 0 Å². The summed E-state index contributed by atoms with van der Waals surface area (Å²) in [6, 6.07) is 5.09. The van der Waals surface area contributed by atoms with Crippen molar-refractivity contribution in [3.63, 3.8) is 0 Å². The summed E-state index contributed by atoms with van der Waals surface area (Å²) in [5.74, 6) is 0. The molecular formula is C7H4N2O2Se. The average Bonchev–Trinajstić information content (AvgIpc) is 2.49. The van der Waals surface area contributed by atoms with Crippen LogP contribution in [-0.2, 0) is 0 Å². The summed E-state index contributed by atoms with van der Waals surface area (Å²) in [5.41, 5.74) is 0.163. The number of hydrogen-bond donors (Lipinski definition) is 0. The van der Waals surface area contributed by atoms with E-state index >= 15 is 0 Å². The van der Waals surface area contributed by atoms with Gasteiger partial charge in [-0.15, -0.1) is 0 Å². The number of benzene rings is 1. The van der Waals surface area contributed by atoms with Crippen molar-refractivity contribution in [3.8, 4) is 0 Å². The molecule has 2 aromatic rings. The standard InChI is InChI=1S/C7H4N2O2Se/c10-9(11)6-2-1-3-7-5(6)4-8-12-7/h1-4H. The molecule has 0 bridgehead atoms. The van der Waals surface area contributed by atoms with Crippen LogP contribution < -0.4 is 0 Å². The van der Waals surface area contributed by atoms with E-state index in [0.717, 1.165) is 4.26 Å². The Balaban J connectivity index is 2.82. The SMILES string of the molecule is O=[N+]([O-])c1cccc2[se]ncc12. The molecule has 2 rings (SSSR count). The van der Waals surface area contributed by atoms with Gasteiger partial charge in [0.15, 0.2) is 0 Å². The number of nitrogens with zero attached hydrogens (tertiary/aromatic N) is 2. The van der Waals surface area contributed by atoms with Crippen molar-refractivity contribution in [1.29, 1.82) is 0 Å². The molecule has 1 aromatic carbocycles. The molecule has 0 N–H and O–H groups in total. The van der Waals surface area contributed by atoms with E-state index in [1.165, 1.54) is 6.07 Å². The van der Waals surface area contributed by atoms with Crippen LogP contribution in [0.4, 0.5) is 5.69 Å². The summed E-state index contributed by atoms with van der Waals surface area (Å²) in [6.45, 7) is 0. The molecule has 0 aliphatic rings. The third kappa shape index (κ3) is 1.03. The van der Waals surface area contributed by atoms with E-state index in [1.807, 2.05) is 6.07 Å². The normalized spacial score (nSPS) is 10.3. The molecule has 5 heteroatoms. The van der Waals surface area contributed by atoms with E-state index in [0.29, 0.717) is 5.39 Å².